The molecule has 0 radical (unpaired) electrons. The number of rotatable bonds is 19. The van der Waals surface area contributed by atoms with Gasteiger partial charge in [0.1, 0.15) is 45.8 Å². The minimum absolute atomic E-state index is 0.0101. The summed E-state index contributed by atoms with van der Waals surface area (Å²) in [5.74, 6) is -5.52. The van der Waals surface area contributed by atoms with E-state index in [9.17, 15) is 46.3 Å². The molecule has 9 rings (SSSR count). The van der Waals surface area contributed by atoms with Crippen LogP contribution in [0, 0.1) is 5.82 Å². The van der Waals surface area contributed by atoms with Crippen molar-refractivity contribution in [2.75, 3.05) is 29.7 Å². The van der Waals surface area contributed by atoms with Gasteiger partial charge in [0.15, 0.2) is 29.7 Å². The van der Waals surface area contributed by atoms with Crippen LogP contribution in [-0.2, 0) is 6.61 Å². The number of aromatic carboxylic acids is 3. The number of aliphatic hydroxyl groups is 1. The summed E-state index contributed by atoms with van der Waals surface area (Å²) >= 11 is 42.2. The normalized spacial score (nSPS) is 10.7. The third-order valence-electron chi connectivity index (χ3n) is 11.7. The Morgan fingerprint density at radius 3 is 1.18 bits per heavy atom. The molecular weight excluding hydrogens is 1380 g/mol. The first kappa shape index (κ1) is 70.8. The van der Waals surface area contributed by atoms with E-state index in [1.807, 2.05) is 0 Å². The number of methoxy groups -OCH3 is 1. The van der Waals surface area contributed by atoms with Crippen molar-refractivity contribution in [2.24, 2.45) is 0 Å². The first-order valence-electron chi connectivity index (χ1n) is 25.6. The molecule has 0 aliphatic carbocycles. The predicted octanol–water partition coefficient (Wildman–Crippen LogP) is 16.6. The number of carbonyl (C=O) groups is 6. The van der Waals surface area contributed by atoms with E-state index < -0.39 is 54.2 Å². The maximum absolute atomic E-state index is 14.2. The highest BCUT2D eigenvalue weighted by Crippen LogP contribution is 2.40. The largest absolute Gasteiger partial charge is 0.493 e. The molecule has 0 aliphatic rings. The monoisotopic (exact) mass is 1420 g/mol. The van der Waals surface area contributed by atoms with Gasteiger partial charge in [-0.2, -0.15) is 13.2 Å². The van der Waals surface area contributed by atoms with Crippen molar-refractivity contribution in [3.05, 3.63) is 232 Å². The lowest BCUT2D eigenvalue weighted by Gasteiger charge is -2.15. The van der Waals surface area contributed by atoms with Crippen molar-refractivity contribution in [3.8, 4) is 46.0 Å². The highest BCUT2D eigenvalue weighted by atomic mass is 35.5. The van der Waals surface area contributed by atoms with Crippen molar-refractivity contribution < 1.29 is 90.4 Å². The summed E-state index contributed by atoms with van der Waals surface area (Å²) in [6, 6.07) is 29.6. The molecule has 0 unspecified atom stereocenters. The first-order chi connectivity index (χ1) is 44.1. The van der Waals surface area contributed by atoms with Gasteiger partial charge in [-0.25, -0.2) is 33.7 Å². The maximum atomic E-state index is 14.2. The Bertz CT molecular complexity index is 4280. The van der Waals surface area contributed by atoms with Crippen LogP contribution in [0.1, 0.15) is 68.1 Å². The van der Waals surface area contributed by atoms with E-state index in [-0.39, 0.29) is 122 Å². The third kappa shape index (κ3) is 20.1. The van der Waals surface area contributed by atoms with Crippen LogP contribution >= 0.6 is 81.2 Å². The number of halogens is 11. The number of aliphatic hydroxyl groups excluding tert-OH is 1. The fraction of sp³-hybridized carbons (Fsp3) is 0.0656. The molecule has 93 heavy (non-hydrogen) atoms. The summed E-state index contributed by atoms with van der Waals surface area (Å²) in [5.41, 5.74) is 0.568. The molecule has 0 saturated carbocycles. The smallest absolute Gasteiger partial charge is 0.422 e. The van der Waals surface area contributed by atoms with E-state index in [0.717, 1.165) is 6.07 Å². The SMILES string of the molecule is COc1cc(Cl)ccc1Oc1cc(Cl)c(Cl)cc1C(=O)Nc1ccc(C(=O)O)nc1.O=C(O)c1ccc(NC(=O)c2cc(Cl)c(Cl)cc2Oc2ccc(CO)cc2F)cn1.O=C(O)c1ccc(NC(=O)c2cc(Cl)c(Cl)cc2Oc2ccc(OCC(F)(F)F)cc2)cn1. The van der Waals surface area contributed by atoms with Gasteiger partial charge in [0.25, 0.3) is 17.7 Å². The molecule has 3 heterocycles. The lowest BCUT2D eigenvalue weighted by atomic mass is 10.1. The van der Waals surface area contributed by atoms with Gasteiger partial charge in [0.2, 0.25) is 0 Å². The minimum atomic E-state index is -4.47. The number of ether oxygens (including phenoxy) is 5. The zero-order valence-corrected chi connectivity index (χ0v) is 51.9. The Kier molecular flexibility index (Phi) is 24.4. The summed E-state index contributed by atoms with van der Waals surface area (Å²) in [5, 5.41) is 44.6. The van der Waals surface area contributed by atoms with Crippen molar-refractivity contribution in [2.45, 2.75) is 12.8 Å². The average Bonchev–Trinajstić information content (AvgIpc) is 0.977. The molecule has 9 aromatic rings. The fourth-order valence-corrected chi connectivity index (χ4v) is 8.45. The number of amides is 3. The van der Waals surface area contributed by atoms with Crippen LogP contribution in [0.4, 0.5) is 34.6 Å². The first-order valence-corrected chi connectivity index (χ1v) is 28.3. The number of alkyl halides is 3. The van der Waals surface area contributed by atoms with E-state index in [2.05, 4.69) is 35.6 Å². The highest BCUT2D eigenvalue weighted by molar-refractivity contribution is 6.43. The van der Waals surface area contributed by atoms with E-state index in [1.165, 1.54) is 135 Å². The van der Waals surface area contributed by atoms with Crippen LogP contribution in [0.25, 0.3) is 0 Å². The van der Waals surface area contributed by atoms with Crippen LogP contribution in [0.5, 0.6) is 46.0 Å². The maximum Gasteiger partial charge on any atom is 0.422 e. The van der Waals surface area contributed by atoms with Gasteiger partial charge in [-0.3, -0.25) is 14.4 Å². The van der Waals surface area contributed by atoms with Gasteiger partial charge in [-0.1, -0.05) is 87.3 Å². The second-order valence-electron chi connectivity index (χ2n) is 18.3. The number of carboxylic acids is 3. The van der Waals surface area contributed by atoms with Gasteiger partial charge in [-0.15, -0.1) is 0 Å². The Morgan fingerprint density at radius 2 is 0.828 bits per heavy atom. The molecule has 0 bridgehead atoms. The third-order valence-corrected chi connectivity index (χ3v) is 14.1. The molecule has 6 aromatic carbocycles. The van der Waals surface area contributed by atoms with Gasteiger partial charge in [0.05, 0.1) is 96.2 Å². The van der Waals surface area contributed by atoms with Crippen LogP contribution in [0.15, 0.2) is 152 Å². The van der Waals surface area contributed by atoms with Crippen molar-refractivity contribution >= 4 is 134 Å². The lowest BCUT2D eigenvalue weighted by molar-refractivity contribution is -0.153. The summed E-state index contributed by atoms with van der Waals surface area (Å²) in [4.78, 5) is 82.2. The molecular formula is C61H39Cl7F4N6O15. The van der Waals surface area contributed by atoms with Gasteiger partial charge < -0.3 is 60.1 Å². The molecule has 0 atom stereocenters. The number of nitrogens with one attached hydrogen (secondary N) is 3. The molecule has 3 amide bonds. The number of aromatic nitrogens is 3. The van der Waals surface area contributed by atoms with Crippen LogP contribution < -0.4 is 39.6 Å². The topological polar surface area (TPSA) is 304 Å². The van der Waals surface area contributed by atoms with E-state index in [0.29, 0.717) is 22.1 Å². The van der Waals surface area contributed by atoms with E-state index >= 15 is 0 Å². The average molecular weight is 1420 g/mol. The standard InChI is InChI=1S/C21H13Cl2F3N2O5.C20H13Cl3N2O5.C20H13Cl2FN2O5/c22-15-7-14(19(29)28-11-1-6-17(20(30)31)27-9-11)18(8-16(15)23)33-13-4-2-12(3-5-13)32-10-21(24,25)26;1-29-18-6-10(21)2-5-16(18)30-17-8-14(23)13(22)7-12(17)19(26)25-11-3-4-15(20(27)28)24-9-11;21-13-6-12(19(27)25-11-2-3-16(20(28)29)24-8-11)18(7-14(13)22)30-17-4-1-10(9-26)5-15(17)23/h1-9H,10H2,(H,28,29)(H,30,31);2-9H,1H3,(H,25,26)(H,27,28);1-8,26H,9H2,(H,25,27)(H,28,29). The van der Waals surface area contributed by atoms with Crippen LogP contribution in [0.2, 0.25) is 35.2 Å². The summed E-state index contributed by atoms with van der Waals surface area (Å²) in [7, 11) is 1.45. The Labute approximate surface area is 556 Å². The number of hydrogen-bond donors (Lipinski definition) is 7. The number of carboxylic acid groups (broad SMARTS) is 3. The highest BCUT2D eigenvalue weighted by Gasteiger charge is 2.29. The number of benzene rings is 6. The molecule has 21 nitrogen and oxygen atoms in total. The van der Waals surface area contributed by atoms with Crippen molar-refractivity contribution in [1.82, 2.24) is 15.0 Å². The number of anilines is 3. The fourth-order valence-electron chi connectivity index (χ4n) is 7.33. The van der Waals surface area contributed by atoms with Gasteiger partial charge in [-0.05, 0) is 109 Å². The van der Waals surface area contributed by atoms with E-state index in [1.54, 1.807) is 18.2 Å². The Balaban J connectivity index is 0.000000198. The quantitative estimate of drug-likeness (QED) is 0.0370. The molecule has 480 valence electrons. The zero-order chi connectivity index (χ0) is 67.8. The molecule has 0 aliphatic heterocycles. The zero-order valence-electron chi connectivity index (χ0n) is 46.6. The van der Waals surface area contributed by atoms with Crippen LogP contribution in [-0.4, -0.2) is 90.9 Å². The van der Waals surface area contributed by atoms with Gasteiger partial charge >= 0.3 is 24.1 Å². The Hall–Kier alpha value is -9.70. The molecule has 32 heteroatoms. The number of hydrogen-bond acceptors (Lipinski definition) is 15. The Morgan fingerprint density at radius 1 is 0.452 bits per heavy atom. The van der Waals surface area contributed by atoms with Crippen LogP contribution in [0.3, 0.4) is 0 Å². The molecule has 7 N–H and O–H groups in total. The molecule has 0 saturated heterocycles. The van der Waals surface area contributed by atoms with Gasteiger partial charge in [0, 0.05) is 29.3 Å². The summed E-state index contributed by atoms with van der Waals surface area (Å²) in [6.07, 6.45) is -0.908. The van der Waals surface area contributed by atoms with Crippen molar-refractivity contribution in [3.63, 3.8) is 0 Å². The predicted molar refractivity (Wildman–Crippen MR) is 335 cm³/mol. The van der Waals surface area contributed by atoms with Crippen molar-refractivity contribution in [1.29, 1.82) is 0 Å². The number of nitrogens with zero attached hydrogens (tertiary/aromatic N) is 3. The molecule has 0 fully saturated rings. The summed E-state index contributed by atoms with van der Waals surface area (Å²) < 4.78 is 78.0. The summed E-state index contributed by atoms with van der Waals surface area (Å²) in [6.45, 7) is -1.78. The molecule has 0 spiro atoms. The second kappa shape index (κ2) is 32.0. The number of pyridine rings is 3. The van der Waals surface area contributed by atoms with E-state index in [4.69, 9.17) is 121 Å². The number of carbonyl (C=O) groups excluding carboxylic acids is 3. The second-order valence-corrected chi connectivity index (χ2v) is 21.1. The molecule has 3 aromatic heterocycles. The lowest BCUT2D eigenvalue weighted by Crippen LogP contribution is -2.19. The minimum Gasteiger partial charge on any atom is -0.493 e.